The van der Waals surface area contributed by atoms with Crippen molar-refractivity contribution in [2.45, 2.75) is 12.8 Å². The lowest BCUT2D eigenvalue weighted by Gasteiger charge is -2.15. The number of methoxy groups -OCH3 is 1. The van der Waals surface area contributed by atoms with E-state index in [1.54, 1.807) is 48.5 Å². The average molecular weight is 475 g/mol. The summed E-state index contributed by atoms with van der Waals surface area (Å²) in [7, 11) is 1.04. The fourth-order valence-corrected chi connectivity index (χ4v) is 2.99. The Balaban J connectivity index is 1.75. The monoisotopic (exact) mass is 475 g/mol. The molecule has 1 atom stereocenters. The Bertz CT molecular complexity index is 1150. The van der Waals surface area contributed by atoms with Crippen LogP contribution < -0.4 is 5.32 Å². The lowest BCUT2D eigenvalue weighted by atomic mass is 10.1. The summed E-state index contributed by atoms with van der Waals surface area (Å²) in [6.45, 7) is -0.768. The second-order valence-corrected chi connectivity index (χ2v) is 7.05. The first-order valence-corrected chi connectivity index (χ1v) is 9.99. The molecule has 0 bridgehead atoms. The molecule has 1 unspecified atom stereocenters. The number of alkyl halides is 3. The average Bonchev–Trinajstić information content (AvgIpc) is 3.30. The molecule has 2 aromatic carbocycles. The van der Waals surface area contributed by atoms with Gasteiger partial charge in [-0.05, 0) is 17.7 Å². The molecule has 0 aliphatic heterocycles. The molecule has 0 saturated heterocycles. The molecular weight excluding hydrogens is 455 g/mol. The first-order chi connectivity index (χ1) is 16.2. The van der Waals surface area contributed by atoms with Crippen LogP contribution in [0, 0.1) is 5.92 Å². The predicted molar refractivity (Wildman–Crippen MR) is 113 cm³/mol. The van der Waals surface area contributed by atoms with Gasteiger partial charge in [0.25, 0.3) is 5.91 Å². The fourth-order valence-electron chi connectivity index (χ4n) is 2.99. The van der Waals surface area contributed by atoms with Gasteiger partial charge in [-0.1, -0.05) is 48.5 Å². The van der Waals surface area contributed by atoms with E-state index in [0.717, 1.165) is 18.0 Å². The summed E-state index contributed by atoms with van der Waals surface area (Å²) < 4.78 is 51.1. The summed E-state index contributed by atoms with van der Waals surface area (Å²) in [6.07, 6.45) is -3.99. The highest BCUT2D eigenvalue weighted by atomic mass is 19.4. The Hall–Kier alpha value is -4.15. The number of ether oxygens (including phenoxy) is 2. The van der Waals surface area contributed by atoms with E-state index in [-0.39, 0.29) is 6.61 Å². The number of amides is 1. The van der Waals surface area contributed by atoms with Crippen molar-refractivity contribution >= 4 is 17.8 Å². The van der Waals surface area contributed by atoms with Gasteiger partial charge in [0, 0.05) is 12.7 Å². The van der Waals surface area contributed by atoms with Crippen LogP contribution >= 0.6 is 0 Å². The molecular formula is C23H20F3N3O5. The second-order valence-electron chi connectivity index (χ2n) is 7.05. The molecule has 0 spiro atoms. The topological polar surface area (TPSA) is 99.5 Å². The van der Waals surface area contributed by atoms with Crippen molar-refractivity contribution in [2.75, 3.05) is 13.7 Å². The number of carbonyl (C=O) groups is 3. The number of aromatic nitrogens is 2. The molecule has 0 aliphatic carbocycles. The predicted octanol–water partition coefficient (Wildman–Crippen LogP) is 3.15. The zero-order valence-corrected chi connectivity index (χ0v) is 17.9. The van der Waals surface area contributed by atoms with Gasteiger partial charge in [0.1, 0.15) is 6.61 Å². The zero-order chi connectivity index (χ0) is 24.7. The van der Waals surface area contributed by atoms with Gasteiger partial charge in [0.15, 0.2) is 11.6 Å². The lowest BCUT2D eigenvalue weighted by molar-refractivity contribution is -0.161. The number of para-hydroxylation sites is 1. The number of benzene rings is 2. The number of hydrogen-bond acceptors (Lipinski definition) is 6. The normalized spacial score (nSPS) is 12.0. The summed E-state index contributed by atoms with van der Waals surface area (Å²) >= 11 is 0. The smallest absolute Gasteiger partial charge is 0.435 e. The van der Waals surface area contributed by atoms with Crippen molar-refractivity contribution in [2.24, 2.45) is 5.92 Å². The molecule has 3 aromatic rings. The highest BCUT2D eigenvalue weighted by molar-refractivity contribution is 5.98. The van der Waals surface area contributed by atoms with Gasteiger partial charge in [0.2, 0.25) is 0 Å². The van der Waals surface area contributed by atoms with E-state index in [1.807, 2.05) is 0 Å². The van der Waals surface area contributed by atoms with Crippen LogP contribution in [0.5, 0.6) is 0 Å². The Kier molecular flexibility index (Phi) is 7.67. The highest BCUT2D eigenvalue weighted by Gasteiger charge is 2.40. The molecule has 0 aliphatic rings. The Morgan fingerprint density at radius 2 is 1.62 bits per heavy atom. The van der Waals surface area contributed by atoms with Crippen molar-refractivity contribution in [1.29, 1.82) is 0 Å². The first-order valence-electron chi connectivity index (χ1n) is 9.99. The minimum Gasteiger partial charge on any atom is -0.468 e. The van der Waals surface area contributed by atoms with Crippen molar-refractivity contribution in [3.8, 4) is 5.69 Å². The van der Waals surface area contributed by atoms with Gasteiger partial charge in [-0.2, -0.15) is 18.3 Å². The maximum Gasteiger partial charge on any atom is 0.435 e. The van der Waals surface area contributed by atoms with Gasteiger partial charge >= 0.3 is 18.1 Å². The third kappa shape index (κ3) is 6.00. The number of carbonyl (C=O) groups excluding carboxylic acids is 3. The number of nitrogens with one attached hydrogen (secondary N) is 1. The fraction of sp³-hybridized carbons (Fsp3) is 0.217. The summed E-state index contributed by atoms with van der Waals surface area (Å²) in [5.74, 6) is -4.74. The highest BCUT2D eigenvalue weighted by Crippen LogP contribution is 2.31. The van der Waals surface area contributed by atoms with E-state index in [1.165, 1.54) is 12.1 Å². The number of esters is 2. The molecule has 11 heteroatoms. The number of hydrogen-bond donors (Lipinski definition) is 1. The zero-order valence-electron chi connectivity index (χ0n) is 17.9. The molecule has 1 N–H and O–H groups in total. The summed E-state index contributed by atoms with van der Waals surface area (Å²) in [4.78, 5) is 37.1. The van der Waals surface area contributed by atoms with Gasteiger partial charge in [0.05, 0.1) is 18.4 Å². The molecule has 0 fully saturated rings. The van der Waals surface area contributed by atoms with Crippen LogP contribution in [0.2, 0.25) is 0 Å². The Morgan fingerprint density at radius 3 is 2.21 bits per heavy atom. The van der Waals surface area contributed by atoms with Crippen LogP contribution in [0.25, 0.3) is 5.69 Å². The van der Waals surface area contributed by atoms with E-state index >= 15 is 0 Å². The van der Waals surface area contributed by atoms with Crippen LogP contribution in [0.15, 0.2) is 66.9 Å². The van der Waals surface area contributed by atoms with Crippen molar-refractivity contribution in [3.05, 3.63) is 83.7 Å². The molecule has 1 heterocycles. The number of halogens is 3. The molecule has 1 aromatic heterocycles. The Labute approximate surface area is 192 Å². The van der Waals surface area contributed by atoms with Crippen molar-refractivity contribution in [1.82, 2.24) is 15.1 Å². The van der Waals surface area contributed by atoms with E-state index in [0.29, 0.717) is 11.3 Å². The van der Waals surface area contributed by atoms with Gasteiger partial charge in [-0.15, -0.1) is 0 Å². The molecule has 8 nitrogen and oxygen atoms in total. The lowest BCUT2D eigenvalue weighted by Crippen LogP contribution is -2.39. The molecule has 0 radical (unpaired) electrons. The third-order valence-corrected chi connectivity index (χ3v) is 4.71. The molecule has 178 valence electrons. The summed E-state index contributed by atoms with van der Waals surface area (Å²) in [5.41, 5.74) is -1.21. The van der Waals surface area contributed by atoms with Gasteiger partial charge in [-0.3, -0.25) is 14.4 Å². The van der Waals surface area contributed by atoms with Crippen molar-refractivity contribution < 1.29 is 37.0 Å². The quantitative estimate of drug-likeness (QED) is 0.397. The maximum atomic E-state index is 13.5. The van der Waals surface area contributed by atoms with E-state index in [2.05, 4.69) is 15.2 Å². The van der Waals surface area contributed by atoms with Crippen LogP contribution in [-0.2, 0) is 31.8 Å². The van der Waals surface area contributed by atoms with Gasteiger partial charge in [-0.25, -0.2) is 4.68 Å². The van der Waals surface area contributed by atoms with Crippen LogP contribution in [0.3, 0.4) is 0 Å². The summed E-state index contributed by atoms with van der Waals surface area (Å²) in [5, 5.41) is 5.67. The number of nitrogens with zero attached hydrogens (tertiary/aromatic N) is 2. The maximum absolute atomic E-state index is 13.5. The number of rotatable bonds is 8. The first kappa shape index (κ1) is 24.5. The van der Waals surface area contributed by atoms with E-state index in [9.17, 15) is 27.6 Å². The van der Waals surface area contributed by atoms with E-state index in [4.69, 9.17) is 4.74 Å². The minimum absolute atomic E-state index is 0.136. The van der Waals surface area contributed by atoms with E-state index < -0.39 is 47.7 Å². The van der Waals surface area contributed by atoms with Crippen LogP contribution in [0.4, 0.5) is 13.2 Å². The largest absolute Gasteiger partial charge is 0.468 e. The van der Waals surface area contributed by atoms with Crippen LogP contribution in [-0.4, -0.2) is 41.3 Å². The molecule has 0 saturated carbocycles. The minimum atomic E-state index is -4.91. The van der Waals surface area contributed by atoms with Gasteiger partial charge < -0.3 is 14.8 Å². The van der Waals surface area contributed by atoms with Crippen molar-refractivity contribution in [3.63, 3.8) is 0 Å². The molecule has 3 rings (SSSR count). The molecule has 34 heavy (non-hydrogen) atoms. The standard InChI is InChI=1S/C23H20F3N3O5/c1-33-21(31)17(22(32)34-14-15-8-4-2-5-9-15)12-27-20(30)18-13-29(16-10-6-3-7-11-16)28-19(18)23(24,25)26/h2-11,13,17H,12,14H2,1H3,(H,27,30). The third-order valence-electron chi connectivity index (χ3n) is 4.71. The molecule has 1 amide bonds. The summed E-state index contributed by atoms with van der Waals surface area (Å²) in [6, 6.07) is 16.6. The SMILES string of the molecule is COC(=O)C(CNC(=O)c1cn(-c2ccccc2)nc1C(F)(F)F)C(=O)OCc1ccccc1. The second kappa shape index (κ2) is 10.6. The Morgan fingerprint density at radius 1 is 1.00 bits per heavy atom. The van der Waals surface area contributed by atoms with Crippen LogP contribution in [0.1, 0.15) is 21.6 Å².